The molecule has 1 spiro atoms. The SMILES string of the molecule is C.Cc1cnc(CO)c(N2CCC3(CC2)Cc2ccccc2[C@@H]3N)n1. The molecule has 134 valence electrons. The average Bonchev–Trinajstić information content (AvgIpc) is 2.88. The summed E-state index contributed by atoms with van der Waals surface area (Å²) >= 11 is 0. The number of aliphatic hydroxyl groups is 1. The summed E-state index contributed by atoms with van der Waals surface area (Å²) in [6.07, 6.45) is 4.88. The third-order valence-electron chi connectivity index (χ3n) is 5.75. The molecular formula is C20H28N4O. The lowest BCUT2D eigenvalue weighted by molar-refractivity contribution is 0.186. The van der Waals surface area contributed by atoms with Crippen molar-refractivity contribution in [2.75, 3.05) is 18.0 Å². The molecule has 0 amide bonds. The fourth-order valence-corrected chi connectivity index (χ4v) is 4.32. The summed E-state index contributed by atoms with van der Waals surface area (Å²) in [4.78, 5) is 11.2. The molecule has 1 aliphatic heterocycles. The van der Waals surface area contributed by atoms with Crippen LogP contribution in [0.2, 0.25) is 0 Å². The van der Waals surface area contributed by atoms with E-state index < -0.39 is 0 Å². The lowest BCUT2D eigenvalue weighted by Crippen LogP contribution is -2.45. The predicted molar refractivity (Wildman–Crippen MR) is 100 cm³/mol. The first-order valence-corrected chi connectivity index (χ1v) is 8.65. The second-order valence-corrected chi connectivity index (χ2v) is 7.14. The lowest BCUT2D eigenvalue weighted by Gasteiger charge is -2.43. The van der Waals surface area contributed by atoms with Crippen LogP contribution >= 0.6 is 0 Å². The Labute approximate surface area is 149 Å². The number of piperidine rings is 1. The Kier molecular flexibility index (Phi) is 4.80. The van der Waals surface area contributed by atoms with Gasteiger partial charge < -0.3 is 15.7 Å². The van der Waals surface area contributed by atoms with E-state index in [0.717, 1.165) is 43.9 Å². The van der Waals surface area contributed by atoms with Crippen LogP contribution in [-0.2, 0) is 13.0 Å². The molecule has 4 rings (SSSR count). The number of rotatable bonds is 2. The molecule has 2 heterocycles. The van der Waals surface area contributed by atoms with E-state index in [2.05, 4.69) is 39.1 Å². The summed E-state index contributed by atoms with van der Waals surface area (Å²) in [6.45, 7) is 3.68. The van der Waals surface area contributed by atoms with Crippen molar-refractivity contribution in [3.05, 3.63) is 53.0 Å². The molecular weight excluding hydrogens is 312 g/mol. The van der Waals surface area contributed by atoms with Crippen LogP contribution in [0.1, 0.15) is 48.8 Å². The van der Waals surface area contributed by atoms with E-state index in [1.54, 1.807) is 6.20 Å². The van der Waals surface area contributed by atoms with Gasteiger partial charge in [-0.15, -0.1) is 0 Å². The Morgan fingerprint density at radius 3 is 2.68 bits per heavy atom. The number of hydrogen-bond donors (Lipinski definition) is 2. The lowest BCUT2D eigenvalue weighted by atomic mass is 9.73. The average molecular weight is 340 g/mol. The number of hydrogen-bond acceptors (Lipinski definition) is 5. The van der Waals surface area contributed by atoms with Crippen LogP contribution in [0, 0.1) is 12.3 Å². The predicted octanol–water partition coefficient (Wildman–Crippen LogP) is 2.76. The zero-order valence-corrected chi connectivity index (χ0v) is 14.1. The van der Waals surface area contributed by atoms with E-state index in [1.165, 1.54) is 11.1 Å². The van der Waals surface area contributed by atoms with Gasteiger partial charge in [0.15, 0.2) is 5.82 Å². The standard InChI is InChI=1S/C19H24N4O.CH4/c1-13-11-21-16(12-24)18(22-13)23-8-6-19(7-9-23)10-14-4-2-3-5-15(14)17(19)20;/h2-5,11,17,24H,6-10,12,20H2,1H3;1H4/t17-;/m0./s1. The quantitative estimate of drug-likeness (QED) is 0.879. The molecule has 0 radical (unpaired) electrons. The molecule has 0 bridgehead atoms. The molecule has 1 saturated heterocycles. The summed E-state index contributed by atoms with van der Waals surface area (Å²) < 4.78 is 0. The molecule has 1 aliphatic carbocycles. The Morgan fingerprint density at radius 2 is 2.00 bits per heavy atom. The molecule has 1 aromatic heterocycles. The highest BCUT2D eigenvalue weighted by Gasteiger charge is 2.46. The summed E-state index contributed by atoms with van der Waals surface area (Å²) in [5.74, 6) is 0.830. The van der Waals surface area contributed by atoms with Crippen LogP contribution < -0.4 is 10.6 Å². The van der Waals surface area contributed by atoms with Crippen LogP contribution in [0.25, 0.3) is 0 Å². The highest BCUT2D eigenvalue weighted by molar-refractivity contribution is 5.45. The van der Waals surface area contributed by atoms with Crippen LogP contribution in [0.3, 0.4) is 0 Å². The van der Waals surface area contributed by atoms with Gasteiger partial charge in [0, 0.05) is 25.3 Å². The van der Waals surface area contributed by atoms with Crippen LogP contribution in [0.15, 0.2) is 30.5 Å². The summed E-state index contributed by atoms with van der Waals surface area (Å²) in [5, 5.41) is 9.56. The molecule has 1 atom stereocenters. The van der Waals surface area contributed by atoms with Crippen molar-refractivity contribution in [3.63, 3.8) is 0 Å². The highest BCUT2D eigenvalue weighted by Crippen LogP contribution is 2.50. The molecule has 1 aromatic carbocycles. The Balaban J connectivity index is 0.00000182. The third kappa shape index (κ3) is 2.92. The second-order valence-electron chi connectivity index (χ2n) is 7.14. The Morgan fingerprint density at radius 1 is 1.28 bits per heavy atom. The minimum atomic E-state index is -0.0742. The van der Waals surface area contributed by atoms with Crippen molar-refractivity contribution in [3.8, 4) is 0 Å². The maximum Gasteiger partial charge on any atom is 0.153 e. The summed E-state index contributed by atoms with van der Waals surface area (Å²) in [6, 6.07) is 8.71. The van der Waals surface area contributed by atoms with Gasteiger partial charge in [-0.3, -0.25) is 4.98 Å². The highest BCUT2D eigenvalue weighted by atomic mass is 16.3. The van der Waals surface area contributed by atoms with Crippen LogP contribution in [0.5, 0.6) is 0 Å². The van der Waals surface area contributed by atoms with Gasteiger partial charge in [0.05, 0.1) is 12.3 Å². The van der Waals surface area contributed by atoms with Crippen molar-refractivity contribution in [1.82, 2.24) is 9.97 Å². The van der Waals surface area contributed by atoms with Gasteiger partial charge in [-0.05, 0) is 42.7 Å². The zero-order chi connectivity index (χ0) is 16.7. The van der Waals surface area contributed by atoms with E-state index in [9.17, 15) is 5.11 Å². The maximum atomic E-state index is 9.56. The molecule has 5 nitrogen and oxygen atoms in total. The second kappa shape index (κ2) is 6.73. The first-order valence-electron chi connectivity index (χ1n) is 8.65. The van der Waals surface area contributed by atoms with Crippen molar-refractivity contribution in [2.45, 2.75) is 46.3 Å². The monoisotopic (exact) mass is 340 g/mol. The molecule has 0 unspecified atom stereocenters. The number of anilines is 1. The fraction of sp³-hybridized carbons (Fsp3) is 0.500. The first-order chi connectivity index (χ1) is 11.6. The van der Waals surface area contributed by atoms with Crippen molar-refractivity contribution in [1.29, 1.82) is 0 Å². The Hall–Kier alpha value is -1.98. The number of aryl methyl sites for hydroxylation is 1. The summed E-state index contributed by atoms with van der Waals surface area (Å²) in [7, 11) is 0. The maximum absolute atomic E-state index is 9.56. The van der Waals surface area contributed by atoms with Crippen LogP contribution in [-0.4, -0.2) is 28.2 Å². The largest absolute Gasteiger partial charge is 0.390 e. The minimum absolute atomic E-state index is 0. The molecule has 3 N–H and O–H groups in total. The zero-order valence-electron chi connectivity index (χ0n) is 14.1. The fourth-order valence-electron chi connectivity index (χ4n) is 4.32. The van der Waals surface area contributed by atoms with E-state index in [4.69, 9.17) is 5.73 Å². The number of aromatic nitrogens is 2. The minimum Gasteiger partial charge on any atom is -0.390 e. The van der Waals surface area contributed by atoms with Crippen molar-refractivity contribution < 1.29 is 5.11 Å². The van der Waals surface area contributed by atoms with Crippen molar-refractivity contribution in [2.24, 2.45) is 11.1 Å². The van der Waals surface area contributed by atoms with Gasteiger partial charge in [0.2, 0.25) is 0 Å². The van der Waals surface area contributed by atoms with E-state index in [0.29, 0.717) is 5.69 Å². The van der Waals surface area contributed by atoms with Gasteiger partial charge in [0.1, 0.15) is 5.69 Å². The van der Waals surface area contributed by atoms with E-state index in [1.807, 2.05) is 6.92 Å². The summed E-state index contributed by atoms with van der Waals surface area (Å²) in [5.41, 5.74) is 11.1. The molecule has 2 aliphatic rings. The molecule has 1 fully saturated rings. The number of benzene rings is 1. The van der Waals surface area contributed by atoms with Gasteiger partial charge in [-0.1, -0.05) is 31.7 Å². The van der Waals surface area contributed by atoms with Crippen LogP contribution in [0.4, 0.5) is 5.82 Å². The van der Waals surface area contributed by atoms with Crippen molar-refractivity contribution >= 4 is 5.82 Å². The topological polar surface area (TPSA) is 75.3 Å². The number of nitrogens with zero attached hydrogens (tertiary/aromatic N) is 3. The molecule has 25 heavy (non-hydrogen) atoms. The normalized spacial score (nSPS) is 21.1. The third-order valence-corrected chi connectivity index (χ3v) is 5.75. The first kappa shape index (κ1) is 17.8. The number of nitrogens with two attached hydrogens (primary N) is 1. The molecule has 0 saturated carbocycles. The molecule has 5 heteroatoms. The van der Waals surface area contributed by atoms with Gasteiger partial charge in [-0.2, -0.15) is 0 Å². The Bertz CT molecular complexity index is 753. The number of fused-ring (bicyclic) bond motifs is 1. The van der Waals surface area contributed by atoms with E-state index >= 15 is 0 Å². The van der Waals surface area contributed by atoms with Gasteiger partial charge >= 0.3 is 0 Å². The smallest absolute Gasteiger partial charge is 0.153 e. The number of aliphatic hydroxyl groups excluding tert-OH is 1. The van der Waals surface area contributed by atoms with Gasteiger partial charge in [0.25, 0.3) is 0 Å². The van der Waals surface area contributed by atoms with Gasteiger partial charge in [-0.25, -0.2) is 4.98 Å². The molecule has 2 aromatic rings. The van der Waals surface area contributed by atoms with E-state index in [-0.39, 0.29) is 25.5 Å².